The van der Waals surface area contributed by atoms with Crippen LogP contribution in [0, 0.1) is 5.82 Å². The fourth-order valence-electron chi connectivity index (χ4n) is 1.38. The number of halogens is 1. The van der Waals surface area contributed by atoms with Crippen molar-refractivity contribution in [3.63, 3.8) is 0 Å². The van der Waals surface area contributed by atoms with Gasteiger partial charge in [0.15, 0.2) is 11.9 Å². The molecule has 1 unspecified atom stereocenters. The van der Waals surface area contributed by atoms with Crippen molar-refractivity contribution in [3.05, 3.63) is 59.8 Å². The molecular formula is C12H9FO3. The molecule has 0 amide bonds. The lowest BCUT2D eigenvalue weighted by atomic mass is 10.0. The number of aliphatic hydroxyl groups excluding tert-OH is 1. The fraction of sp³-hybridized carbons (Fsp3) is 0.0833. The zero-order valence-electron chi connectivity index (χ0n) is 8.26. The first-order chi connectivity index (χ1) is 7.68. The van der Waals surface area contributed by atoms with Gasteiger partial charge < -0.3 is 9.52 Å². The van der Waals surface area contributed by atoms with Gasteiger partial charge in [-0.25, -0.2) is 4.39 Å². The van der Waals surface area contributed by atoms with Crippen LogP contribution in [0.3, 0.4) is 0 Å². The van der Waals surface area contributed by atoms with Crippen LogP contribution in [-0.2, 0) is 0 Å². The average Bonchev–Trinajstić information content (AvgIpc) is 2.80. The van der Waals surface area contributed by atoms with Gasteiger partial charge in [-0.15, -0.1) is 0 Å². The third kappa shape index (κ3) is 2.01. The molecule has 1 heterocycles. The van der Waals surface area contributed by atoms with Gasteiger partial charge in [0.25, 0.3) is 0 Å². The number of Topliss-reactive ketones (excluding diaryl/α,β-unsaturated/α-hetero) is 1. The number of aliphatic hydroxyl groups is 1. The first kappa shape index (κ1) is 10.6. The molecule has 1 N–H and O–H groups in total. The van der Waals surface area contributed by atoms with Crippen LogP contribution in [0.15, 0.2) is 47.1 Å². The summed E-state index contributed by atoms with van der Waals surface area (Å²) in [4.78, 5) is 11.7. The van der Waals surface area contributed by atoms with Gasteiger partial charge in [-0.05, 0) is 24.3 Å². The van der Waals surface area contributed by atoms with Crippen LogP contribution in [0.4, 0.5) is 4.39 Å². The third-order valence-corrected chi connectivity index (χ3v) is 2.17. The molecule has 0 bridgehead atoms. The SMILES string of the molecule is O=C(c1cccc(F)c1)C(O)c1ccco1. The lowest BCUT2D eigenvalue weighted by Gasteiger charge is -2.06. The molecule has 82 valence electrons. The zero-order valence-corrected chi connectivity index (χ0v) is 8.26. The molecule has 16 heavy (non-hydrogen) atoms. The highest BCUT2D eigenvalue weighted by atomic mass is 19.1. The molecule has 4 heteroatoms. The van der Waals surface area contributed by atoms with E-state index >= 15 is 0 Å². The lowest BCUT2D eigenvalue weighted by Crippen LogP contribution is -2.11. The topological polar surface area (TPSA) is 50.4 Å². The Morgan fingerprint density at radius 3 is 2.75 bits per heavy atom. The summed E-state index contributed by atoms with van der Waals surface area (Å²) in [7, 11) is 0. The predicted octanol–water partition coefficient (Wildman–Crippen LogP) is 2.33. The van der Waals surface area contributed by atoms with Gasteiger partial charge in [0.1, 0.15) is 11.6 Å². The van der Waals surface area contributed by atoms with E-state index < -0.39 is 17.7 Å². The first-order valence-electron chi connectivity index (χ1n) is 4.70. The van der Waals surface area contributed by atoms with E-state index in [1.54, 1.807) is 6.07 Å². The highest BCUT2D eigenvalue weighted by Crippen LogP contribution is 2.19. The summed E-state index contributed by atoms with van der Waals surface area (Å²) in [6.07, 6.45) is -0.0333. The van der Waals surface area contributed by atoms with E-state index in [0.29, 0.717) is 0 Å². The van der Waals surface area contributed by atoms with E-state index in [0.717, 1.165) is 6.07 Å². The Hall–Kier alpha value is -1.94. The van der Waals surface area contributed by atoms with Crippen molar-refractivity contribution in [3.8, 4) is 0 Å². The average molecular weight is 220 g/mol. The standard InChI is InChI=1S/C12H9FO3/c13-9-4-1-3-8(7-9)11(14)12(15)10-5-2-6-16-10/h1-7,12,15H. The highest BCUT2D eigenvalue weighted by Gasteiger charge is 2.21. The summed E-state index contributed by atoms with van der Waals surface area (Å²) in [6.45, 7) is 0. The first-order valence-corrected chi connectivity index (χ1v) is 4.70. The quantitative estimate of drug-likeness (QED) is 0.807. The van der Waals surface area contributed by atoms with Crippen molar-refractivity contribution < 1.29 is 18.7 Å². The van der Waals surface area contributed by atoms with E-state index in [1.807, 2.05) is 0 Å². The van der Waals surface area contributed by atoms with E-state index in [9.17, 15) is 14.3 Å². The molecule has 0 saturated heterocycles. The number of ketones is 1. The summed E-state index contributed by atoms with van der Waals surface area (Å²) in [6, 6.07) is 8.22. The number of furan rings is 1. The Bertz CT molecular complexity index is 491. The van der Waals surface area contributed by atoms with Crippen molar-refractivity contribution in [2.24, 2.45) is 0 Å². The van der Waals surface area contributed by atoms with Crippen LogP contribution in [0.2, 0.25) is 0 Å². The molecule has 0 spiro atoms. The zero-order chi connectivity index (χ0) is 11.5. The van der Waals surface area contributed by atoms with Crippen molar-refractivity contribution in [1.29, 1.82) is 0 Å². The van der Waals surface area contributed by atoms with Gasteiger partial charge >= 0.3 is 0 Å². The summed E-state index contributed by atoms with van der Waals surface area (Å²) in [5, 5.41) is 9.66. The van der Waals surface area contributed by atoms with E-state index in [1.165, 1.54) is 30.5 Å². The molecule has 0 aliphatic rings. The highest BCUT2D eigenvalue weighted by molar-refractivity contribution is 5.99. The molecule has 0 aliphatic carbocycles. The minimum absolute atomic E-state index is 0.115. The van der Waals surface area contributed by atoms with Crippen LogP contribution in [0.5, 0.6) is 0 Å². The smallest absolute Gasteiger partial charge is 0.199 e. The van der Waals surface area contributed by atoms with E-state index in [-0.39, 0.29) is 11.3 Å². The molecule has 0 aliphatic heterocycles. The molecule has 2 aromatic rings. The molecule has 1 aromatic heterocycles. The fourth-order valence-corrected chi connectivity index (χ4v) is 1.38. The number of rotatable bonds is 3. The number of benzene rings is 1. The van der Waals surface area contributed by atoms with Crippen LogP contribution in [-0.4, -0.2) is 10.9 Å². The maximum Gasteiger partial charge on any atom is 0.199 e. The minimum atomic E-state index is -1.39. The second kappa shape index (κ2) is 4.28. The van der Waals surface area contributed by atoms with Gasteiger partial charge in [-0.3, -0.25) is 4.79 Å². The molecule has 0 radical (unpaired) electrons. The number of carbonyl (C=O) groups is 1. The largest absolute Gasteiger partial charge is 0.466 e. The van der Waals surface area contributed by atoms with Crippen LogP contribution in [0.25, 0.3) is 0 Å². The van der Waals surface area contributed by atoms with E-state index in [2.05, 4.69) is 0 Å². The molecule has 1 atom stereocenters. The normalized spacial score (nSPS) is 12.4. The predicted molar refractivity (Wildman–Crippen MR) is 54.4 cm³/mol. The van der Waals surface area contributed by atoms with E-state index in [4.69, 9.17) is 4.42 Å². The Morgan fingerprint density at radius 1 is 1.31 bits per heavy atom. The van der Waals surface area contributed by atoms with Crippen LogP contribution < -0.4 is 0 Å². The van der Waals surface area contributed by atoms with Crippen molar-refractivity contribution in [2.75, 3.05) is 0 Å². The van der Waals surface area contributed by atoms with Gasteiger partial charge in [0.2, 0.25) is 0 Å². The lowest BCUT2D eigenvalue weighted by molar-refractivity contribution is 0.0703. The number of hydrogen-bond donors (Lipinski definition) is 1. The monoisotopic (exact) mass is 220 g/mol. The molecule has 0 fully saturated rings. The summed E-state index contributed by atoms with van der Waals surface area (Å²) in [5.74, 6) is -0.957. The summed E-state index contributed by atoms with van der Waals surface area (Å²) >= 11 is 0. The van der Waals surface area contributed by atoms with Crippen LogP contribution >= 0.6 is 0 Å². The van der Waals surface area contributed by atoms with Gasteiger partial charge in [0, 0.05) is 5.56 Å². The van der Waals surface area contributed by atoms with Gasteiger partial charge in [-0.1, -0.05) is 12.1 Å². The molecular weight excluding hydrogens is 211 g/mol. The number of carbonyl (C=O) groups excluding carboxylic acids is 1. The molecule has 1 aromatic carbocycles. The van der Waals surface area contributed by atoms with Gasteiger partial charge in [-0.2, -0.15) is 0 Å². The Balaban J connectivity index is 2.26. The summed E-state index contributed by atoms with van der Waals surface area (Å²) in [5.41, 5.74) is 0.115. The maximum atomic E-state index is 12.9. The van der Waals surface area contributed by atoms with Crippen molar-refractivity contribution in [1.82, 2.24) is 0 Å². The Kier molecular flexibility index (Phi) is 2.83. The molecule has 0 saturated carbocycles. The maximum absolute atomic E-state index is 12.9. The van der Waals surface area contributed by atoms with Gasteiger partial charge in [0.05, 0.1) is 6.26 Å². The second-order valence-electron chi connectivity index (χ2n) is 3.29. The molecule has 2 rings (SSSR count). The Morgan fingerprint density at radius 2 is 2.12 bits per heavy atom. The number of hydrogen-bond acceptors (Lipinski definition) is 3. The van der Waals surface area contributed by atoms with Crippen molar-refractivity contribution in [2.45, 2.75) is 6.10 Å². The summed E-state index contributed by atoms with van der Waals surface area (Å²) < 4.78 is 17.8. The molecule has 3 nitrogen and oxygen atoms in total. The third-order valence-electron chi connectivity index (χ3n) is 2.17. The minimum Gasteiger partial charge on any atom is -0.466 e. The van der Waals surface area contributed by atoms with Crippen LogP contribution in [0.1, 0.15) is 22.2 Å². The van der Waals surface area contributed by atoms with Crippen molar-refractivity contribution >= 4 is 5.78 Å². The Labute approximate surface area is 91.1 Å². The second-order valence-corrected chi connectivity index (χ2v) is 3.29.